The molecule has 0 atom stereocenters. The van der Waals surface area contributed by atoms with Crippen molar-refractivity contribution in [3.8, 4) is 6.07 Å². The average molecular weight is 261 g/mol. The first-order chi connectivity index (χ1) is 5.95. The Kier molecular flexibility index (Phi) is 2.68. The summed E-state index contributed by atoms with van der Waals surface area (Å²) in [5.41, 5.74) is 0.0527. The van der Waals surface area contributed by atoms with E-state index in [9.17, 15) is 8.42 Å². The summed E-state index contributed by atoms with van der Waals surface area (Å²) in [5.74, 6) is 0. The van der Waals surface area contributed by atoms with E-state index in [1.807, 2.05) is 0 Å². The number of hydrogen-bond donors (Lipinski definition) is 0. The molecule has 1 heterocycles. The van der Waals surface area contributed by atoms with Gasteiger partial charge in [0.2, 0.25) is 0 Å². The van der Waals surface area contributed by atoms with Gasteiger partial charge in [0.15, 0.2) is 14.9 Å². The van der Waals surface area contributed by atoms with E-state index in [1.54, 1.807) is 6.07 Å². The maximum Gasteiger partial charge on any atom is 0.194 e. The number of aromatic nitrogens is 1. The molecule has 68 valence electrons. The van der Waals surface area contributed by atoms with Crippen LogP contribution in [0.5, 0.6) is 0 Å². The topological polar surface area (TPSA) is 70.8 Å². The van der Waals surface area contributed by atoms with Gasteiger partial charge < -0.3 is 0 Å². The van der Waals surface area contributed by atoms with Gasteiger partial charge in [0.25, 0.3) is 0 Å². The van der Waals surface area contributed by atoms with Crippen LogP contribution in [0.1, 0.15) is 5.56 Å². The van der Waals surface area contributed by atoms with Gasteiger partial charge in [0.1, 0.15) is 6.07 Å². The fraction of sp³-hybridized carbons (Fsp3) is 0.143. The summed E-state index contributed by atoms with van der Waals surface area (Å²) < 4.78 is 22.8. The number of rotatable bonds is 1. The van der Waals surface area contributed by atoms with Crippen molar-refractivity contribution in [2.24, 2.45) is 0 Å². The fourth-order valence-corrected chi connectivity index (χ4v) is 1.88. The minimum absolute atomic E-state index is 0.0527. The number of pyridine rings is 1. The van der Waals surface area contributed by atoms with Gasteiger partial charge in [0, 0.05) is 16.9 Å². The monoisotopic (exact) mass is 260 g/mol. The summed E-state index contributed by atoms with van der Waals surface area (Å²) in [5, 5.41) is 8.45. The molecule has 0 fully saturated rings. The van der Waals surface area contributed by atoms with Gasteiger partial charge >= 0.3 is 0 Å². The Morgan fingerprint density at radius 3 is 2.69 bits per heavy atom. The van der Waals surface area contributed by atoms with Crippen molar-refractivity contribution >= 4 is 25.8 Å². The maximum atomic E-state index is 11.1. The molecule has 0 aliphatic rings. The summed E-state index contributed by atoms with van der Waals surface area (Å²) in [6.07, 6.45) is 2.36. The van der Waals surface area contributed by atoms with E-state index in [0.29, 0.717) is 4.47 Å². The molecule has 0 N–H and O–H groups in total. The average Bonchev–Trinajstić information content (AvgIpc) is 2.01. The molecule has 0 aliphatic heterocycles. The quantitative estimate of drug-likeness (QED) is 0.759. The Balaban J connectivity index is 3.50. The van der Waals surface area contributed by atoms with Gasteiger partial charge in [-0.15, -0.1) is 0 Å². The summed E-state index contributed by atoms with van der Waals surface area (Å²) >= 11 is 3.10. The predicted octanol–water partition coefficient (Wildman–Crippen LogP) is 1.12. The number of nitrogens with zero attached hydrogens (tertiary/aromatic N) is 2. The Labute approximate surface area is 84.3 Å². The molecular weight excluding hydrogens is 256 g/mol. The van der Waals surface area contributed by atoms with Crippen LogP contribution in [0.4, 0.5) is 0 Å². The van der Waals surface area contributed by atoms with Crippen LogP contribution in [0.15, 0.2) is 21.8 Å². The summed E-state index contributed by atoms with van der Waals surface area (Å²) in [6, 6.07) is 3.19. The highest BCUT2D eigenvalue weighted by atomic mass is 79.9. The van der Waals surface area contributed by atoms with E-state index in [1.165, 1.54) is 12.3 Å². The second-order valence-electron chi connectivity index (χ2n) is 2.39. The first-order valence-corrected chi connectivity index (χ1v) is 5.89. The van der Waals surface area contributed by atoms with Crippen LogP contribution in [0.2, 0.25) is 0 Å². The van der Waals surface area contributed by atoms with Crippen LogP contribution < -0.4 is 0 Å². The first kappa shape index (κ1) is 10.2. The predicted molar refractivity (Wildman–Crippen MR) is 49.8 cm³/mol. The van der Waals surface area contributed by atoms with Crippen LogP contribution in [-0.4, -0.2) is 19.7 Å². The van der Waals surface area contributed by atoms with Crippen molar-refractivity contribution in [3.05, 3.63) is 22.3 Å². The van der Waals surface area contributed by atoms with Crippen molar-refractivity contribution in [1.29, 1.82) is 5.26 Å². The number of hydrogen-bond acceptors (Lipinski definition) is 4. The zero-order valence-corrected chi connectivity index (χ0v) is 9.05. The molecular formula is C7H5BrN2O2S. The molecule has 4 nitrogen and oxygen atoms in total. The SMILES string of the molecule is CS(=O)(=O)c1ncc(Br)cc1C#N. The molecule has 0 radical (unpaired) electrons. The standard InChI is InChI=1S/C7H5BrN2O2S/c1-13(11,12)7-5(3-9)2-6(8)4-10-7/h2,4H,1H3. The van der Waals surface area contributed by atoms with Crippen molar-refractivity contribution in [3.63, 3.8) is 0 Å². The zero-order chi connectivity index (χ0) is 10.1. The Hall–Kier alpha value is -0.930. The highest BCUT2D eigenvalue weighted by Crippen LogP contribution is 2.16. The van der Waals surface area contributed by atoms with Crippen LogP contribution in [0.25, 0.3) is 0 Å². The normalized spacial score (nSPS) is 10.8. The van der Waals surface area contributed by atoms with Gasteiger partial charge in [-0.25, -0.2) is 13.4 Å². The van der Waals surface area contributed by atoms with Crippen LogP contribution in [-0.2, 0) is 9.84 Å². The highest BCUT2D eigenvalue weighted by molar-refractivity contribution is 9.10. The lowest BCUT2D eigenvalue weighted by Gasteiger charge is -1.99. The van der Waals surface area contributed by atoms with E-state index in [0.717, 1.165) is 6.26 Å². The zero-order valence-electron chi connectivity index (χ0n) is 6.65. The Morgan fingerprint density at radius 1 is 1.62 bits per heavy atom. The first-order valence-electron chi connectivity index (χ1n) is 3.21. The van der Waals surface area contributed by atoms with Crippen molar-refractivity contribution in [2.75, 3.05) is 6.26 Å². The molecule has 6 heteroatoms. The molecule has 0 saturated carbocycles. The summed E-state index contributed by atoms with van der Waals surface area (Å²) in [6.45, 7) is 0. The Bertz CT molecular complexity index is 476. The number of nitriles is 1. The second-order valence-corrected chi connectivity index (χ2v) is 5.24. The molecule has 0 bridgehead atoms. The van der Waals surface area contributed by atoms with E-state index < -0.39 is 9.84 Å². The Morgan fingerprint density at radius 2 is 2.23 bits per heavy atom. The van der Waals surface area contributed by atoms with Gasteiger partial charge in [-0.1, -0.05) is 0 Å². The third-order valence-corrected chi connectivity index (χ3v) is 2.75. The van der Waals surface area contributed by atoms with Gasteiger partial charge in [-0.3, -0.25) is 0 Å². The molecule has 0 saturated heterocycles. The van der Waals surface area contributed by atoms with E-state index in [2.05, 4.69) is 20.9 Å². The maximum absolute atomic E-state index is 11.1. The van der Waals surface area contributed by atoms with Gasteiger partial charge in [-0.2, -0.15) is 5.26 Å². The lowest BCUT2D eigenvalue weighted by atomic mass is 10.3. The van der Waals surface area contributed by atoms with Crippen molar-refractivity contribution in [2.45, 2.75) is 5.03 Å². The lowest BCUT2D eigenvalue weighted by Crippen LogP contribution is -2.03. The molecule has 1 aromatic heterocycles. The van der Waals surface area contributed by atoms with Crippen molar-refractivity contribution < 1.29 is 8.42 Å². The van der Waals surface area contributed by atoms with E-state index >= 15 is 0 Å². The molecule has 0 spiro atoms. The molecule has 0 aliphatic carbocycles. The minimum atomic E-state index is -3.42. The van der Waals surface area contributed by atoms with E-state index in [4.69, 9.17) is 5.26 Å². The number of halogens is 1. The summed E-state index contributed by atoms with van der Waals surface area (Å²) in [4.78, 5) is 3.66. The third kappa shape index (κ3) is 2.26. The molecule has 0 unspecified atom stereocenters. The minimum Gasteiger partial charge on any atom is -0.242 e. The number of sulfone groups is 1. The highest BCUT2D eigenvalue weighted by Gasteiger charge is 2.14. The molecule has 1 aromatic rings. The largest absolute Gasteiger partial charge is 0.242 e. The van der Waals surface area contributed by atoms with Crippen molar-refractivity contribution in [1.82, 2.24) is 4.98 Å². The fourth-order valence-electron chi connectivity index (χ4n) is 0.802. The van der Waals surface area contributed by atoms with E-state index in [-0.39, 0.29) is 10.6 Å². The molecule has 0 aromatic carbocycles. The molecule has 13 heavy (non-hydrogen) atoms. The van der Waals surface area contributed by atoms with Gasteiger partial charge in [0.05, 0.1) is 5.56 Å². The second kappa shape index (κ2) is 3.44. The molecule has 1 rings (SSSR count). The summed E-state index contributed by atoms with van der Waals surface area (Å²) in [7, 11) is -3.42. The van der Waals surface area contributed by atoms with Crippen LogP contribution in [0, 0.1) is 11.3 Å². The molecule has 0 amide bonds. The smallest absolute Gasteiger partial charge is 0.194 e. The lowest BCUT2D eigenvalue weighted by molar-refractivity contribution is 0.598. The van der Waals surface area contributed by atoms with Crippen LogP contribution >= 0.6 is 15.9 Å². The third-order valence-electron chi connectivity index (χ3n) is 1.29. The van der Waals surface area contributed by atoms with Gasteiger partial charge in [-0.05, 0) is 22.0 Å². The van der Waals surface area contributed by atoms with Crippen LogP contribution in [0.3, 0.4) is 0 Å².